The monoisotopic (exact) mass is 421 g/mol. The molecule has 1 aliphatic rings. The maximum Gasteiger partial charge on any atom is 0.257 e. The zero-order valence-corrected chi connectivity index (χ0v) is 17.6. The summed E-state index contributed by atoms with van der Waals surface area (Å²) in [5.74, 6) is -0.388. The van der Waals surface area contributed by atoms with Crippen LogP contribution in [0.2, 0.25) is 5.02 Å². The van der Waals surface area contributed by atoms with Crippen LogP contribution in [-0.4, -0.2) is 45.8 Å². The van der Waals surface area contributed by atoms with E-state index in [0.717, 1.165) is 19.3 Å². The summed E-state index contributed by atoms with van der Waals surface area (Å²) in [6.07, 6.45) is 2.78. The molecule has 0 aromatic heterocycles. The van der Waals surface area contributed by atoms with Gasteiger partial charge in [0, 0.05) is 27.2 Å². The van der Waals surface area contributed by atoms with Gasteiger partial charge in [-0.05, 0) is 43.2 Å². The first-order valence-electron chi connectivity index (χ1n) is 9.18. The molecular formula is C20H24ClN3O3S. The van der Waals surface area contributed by atoms with E-state index in [2.05, 4.69) is 5.32 Å². The molecule has 0 atom stereocenters. The number of carbonyl (C=O) groups excluding carboxylic acids is 1. The van der Waals surface area contributed by atoms with Crippen molar-refractivity contribution in [1.29, 1.82) is 0 Å². The number of halogens is 1. The van der Waals surface area contributed by atoms with E-state index in [4.69, 9.17) is 11.6 Å². The molecule has 1 N–H and O–H groups in total. The lowest BCUT2D eigenvalue weighted by molar-refractivity contribution is 0.102. The topological polar surface area (TPSA) is 69.7 Å². The Hall–Kier alpha value is -2.09. The fraction of sp³-hybridized carbons (Fsp3) is 0.350. The molecule has 1 saturated heterocycles. The highest BCUT2D eigenvalue weighted by atomic mass is 35.5. The molecule has 0 unspecified atom stereocenters. The normalized spacial score (nSPS) is 15.2. The second kappa shape index (κ2) is 8.51. The Kier molecular flexibility index (Phi) is 6.27. The third-order valence-corrected chi connectivity index (χ3v) is 6.99. The van der Waals surface area contributed by atoms with E-state index in [1.807, 2.05) is 19.0 Å². The van der Waals surface area contributed by atoms with E-state index in [9.17, 15) is 13.2 Å². The number of carbonyl (C=O) groups is 1. The maximum atomic E-state index is 13.0. The Morgan fingerprint density at radius 3 is 2.39 bits per heavy atom. The van der Waals surface area contributed by atoms with Gasteiger partial charge < -0.3 is 10.2 Å². The van der Waals surface area contributed by atoms with E-state index in [0.29, 0.717) is 35.1 Å². The molecule has 8 heteroatoms. The third kappa shape index (κ3) is 4.32. The molecule has 6 nitrogen and oxygen atoms in total. The number of piperidine rings is 1. The van der Waals surface area contributed by atoms with Gasteiger partial charge in [-0.15, -0.1) is 0 Å². The minimum absolute atomic E-state index is 0.175. The van der Waals surface area contributed by atoms with Crippen LogP contribution in [0.25, 0.3) is 0 Å². The Morgan fingerprint density at radius 1 is 1.07 bits per heavy atom. The van der Waals surface area contributed by atoms with Crippen LogP contribution < -0.4 is 10.2 Å². The van der Waals surface area contributed by atoms with Gasteiger partial charge in [-0.25, -0.2) is 8.42 Å². The van der Waals surface area contributed by atoms with Gasteiger partial charge in [0.15, 0.2) is 0 Å². The van der Waals surface area contributed by atoms with E-state index >= 15 is 0 Å². The molecule has 0 bridgehead atoms. The number of hydrogen-bond acceptors (Lipinski definition) is 4. The number of anilines is 2. The molecule has 1 amide bonds. The van der Waals surface area contributed by atoms with Crippen LogP contribution in [0.5, 0.6) is 0 Å². The zero-order chi connectivity index (χ0) is 20.3. The lowest BCUT2D eigenvalue weighted by Crippen LogP contribution is -2.35. The number of amides is 1. The van der Waals surface area contributed by atoms with E-state index in [-0.39, 0.29) is 10.8 Å². The summed E-state index contributed by atoms with van der Waals surface area (Å²) in [5, 5.41) is 3.15. The van der Waals surface area contributed by atoms with Gasteiger partial charge in [0.2, 0.25) is 10.0 Å². The van der Waals surface area contributed by atoms with Crippen molar-refractivity contribution in [1.82, 2.24) is 4.31 Å². The molecule has 0 spiro atoms. The molecule has 3 rings (SSSR count). The first kappa shape index (κ1) is 20.6. The predicted octanol–water partition coefficient (Wildman–Crippen LogP) is 3.83. The van der Waals surface area contributed by atoms with Crippen LogP contribution in [-0.2, 0) is 10.0 Å². The van der Waals surface area contributed by atoms with Crippen LogP contribution in [0.1, 0.15) is 29.6 Å². The fourth-order valence-corrected chi connectivity index (χ4v) is 5.02. The number of hydrogen-bond donors (Lipinski definition) is 1. The highest BCUT2D eigenvalue weighted by Gasteiger charge is 2.27. The van der Waals surface area contributed by atoms with Crippen molar-refractivity contribution in [2.24, 2.45) is 0 Å². The first-order valence-corrected chi connectivity index (χ1v) is 11.0. The van der Waals surface area contributed by atoms with E-state index in [1.54, 1.807) is 36.4 Å². The Labute approximate surface area is 171 Å². The summed E-state index contributed by atoms with van der Waals surface area (Å²) in [6.45, 7) is 1.05. The van der Waals surface area contributed by atoms with Crippen molar-refractivity contribution in [3.05, 3.63) is 53.1 Å². The van der Waals surface area contributed by atoms with Gasteiger partial charge in [0.1, 0.15) is 0 Å². The highest BCUT2D eigenvalue weighted by molar-refractivity contribution is 7.89. The molecule has 28 heavy (non-hydrogen) atoms. The summed E-state index contributed by atoms with van der Waals surface area (Å²) in [4.78, 5) is 14.7. The molecule has 0 saturated carbocycles. The lowest BCUT2D eigenvalue weighted by Gasteiger charge is -2.26. The predicted molar refractivity (Wildman–Crippen MR) is 113 cm³/mol. The van der Waals surface area contributed by atoms with Gasteiger partial charge >= 0.3 is 0 Å². The second-order valence-corrected chi connectivity index (χ2v) is 9.32. The van der Waals surface area contributed by atoms with Gasteiger partial charge in [0.25, 0.3) is 5.91 Å². The summed E-state index contributed by atoms with van der Waals surface area (Å²) in [6, 6.07) is 11.6. The average molecular weight is 422 g/mol. The summed E-state index contributed by atoms with van der Waals surface area (Å²) < 4.78 is 27.5. The smallest absolute Gasteiger partial charge is 0.257 e. The number of rotatable bonds is 5. The number of nitrogens with one attached hydrogen (secondary N) is 1. The van der Waals surface area contributed by atoms with Crippen LogP contribution >= 0.6 is 11.6 Å². The summed E-state index contributed by atoms with van der Waals surface area (Å²) in [7, 11) is 0.0671. The fourth-order valence-electron chi connectivity index (χ4n) is 3.26. The summed E-state index contributed by atoms with van der Waals surface area (Å²) >= 11 is 6.12. The minimum atomic E-state index is -3.60. The van der Waals surface area contributed by atoms with Crippen molar-refractivity contribution in [2.45, 2.75) is 24.2 Å². The zero-order valence-electron chi connectivity index (χ0n) is 16.0. The molecule has 1 heterocycles. The van der Waals surface area contributed by atoms with Crippen molar-refractivity contribution < 1.29 is 13.2 Å². The SMILES string of the molecule is CN(C)c1ccc(S(=O)(=O)N2CCCCC2)cc1NC(=O)c1ccccc1Cl. The second-order valence-electron chi connectivity index (χ2n) is 6.97. The van der Waals surface area contributed by atoms with E-state index in [1.165, 1.54) is 10.4 Å². The molecule has 2 aromatic carbocycles. The van der Waals surface area contributed by atoms with Gasteiger partial charge in [0.05, 0.1) is 26.9 Å². The largest absolute Gasteiger partial charge is 0.376 e. The van der Waals surface area contributed by atoms with Crippen LogP contribution in [0.3, 0.4) is 0 Å². The third-order valence-electron chi connectivity index (χ3n) is 4.77. The number of nitrogens with zero attached hydrogens (tertiary/aromatic N) is 2. The summed E-state index contributed by atoms with van der Waals surface area (Å²) in [5.41, 5.74) is 1.46. The average Bonchev–Trinajstić information content (AvgIpc) is 2.68. The minimum Gasteiger partial charge on any atom is -0.376 e. The van der Waals surface area contributed by atoms with Crippen LogP contribution in [0.15, 0.2) is 47.4 Å². The molecule has 0 aliphatic carbocycles. The standard InChI is InChI=1S/C20H24ClN3O3S/c1-23(2)19-11-10-15(28(26,27)24-12-6-3-7-13-24)14-18(19)22-20(25)16-8-4-5-9-17(16)21/h4-5,8-11,14H,3,6-7,12-13H2,1-2H3,(H,22,25). The van der Waals surface area contributed by atoms with Crippen molar-refractivity contribution >= 4 is 38.9 Å². The Morgan fingerprint density at radius 2 is 1.75 bits per heavy atom. The van der Waals surface area contributed by atoms with Crippen molar-refractivity contribution in [3.63, 3.8) is 0 Å². The molecule has 2 aromatic rings. The molecule has 0 radical (unpaired) electrons. The molecule has 1 aliphatic heterocycles. The van der Waals surface area contributed by atoms with Crippen LogP contribution in [0, 0.1) is 0 Å². The Balaban J connectivity index is 1.96. The first-order chi connectivity index (χ1) is 13.3. The van der Waals surface area contributed by atoms with Gasteiger partial charge in [-0.1, -0.05) is 30.2 Å². The van der Waals surface area contributed by atoms with E-state index < -0.39 is 10.0 Å². The number of benzene rings is 2. The van der Waals surface area contributed by atoms with Gasteiger partial charge in [-0.2, -0.15) is 4.31 Å². The molecular weight excluding hydrogens is 398 g/mol. The van der Waals surface area contributed by atoms with Crippen molar-refractivity contribution in [2.75, 3.05) is 37.4 Å². The highest BCUT2D eigenvalue weighted by Crippen LogP contribution is 2.31. The van der Waals surface area contributed by atoms with Crippen LogP contribution in [0.4, 0.5) is 11.4 Å². The molecule has 1 fully saturated rings. The maximum absolute atomic E-state index is 13.0. The molecule has 150 valence electrons. The number of sulfonamides is 1. The quantitative estimate of drug-likeness (QED) is 0.796. The van der Waals surface area contributed by atoms with Gasteiger partial charge in [-0.3, -0.25) is 4.79 Å². The lowest BCUT2D eigenvalue weighted by atomic mass is 10.2. The van der Waals surface area contributed by atoms with Crippen molar-refractivity contribution in [3.8, 4) is 0 Å². The Bertz CT molecular complexity index is 970.